The summed E-state index contributed by atoms with van der Waals surface area (Å²) in [4.78, 5) is 11.9. The molecule has 0 spiro atoms. The minimum Gasteiger partial charge on any atom is -0.244 e. The molecule has 0 saturated heterocycles. The summed E-state index contributed by atoms with van der Waals surface area (Å²) < 4.78 is 26.5. The van der Waals surface area contributed by atoms with Crippen molar-refractivity contribution < 1.29 is 8.78 Å². The van der Waals surface area contributed by atoms with E-state index in [2.05, 4.69) is 10.4 Å². The first kappa shape index (κ1) is 11.8. The van der Waals surface area contributed by atoms with E-state index in [-0.39, 0.29) is 0 Å². The summed E-state index contributed by atoms with van der Waals surface area (Å²) in [5.41, 5.74) is -0.0158. The number of aryl methyl sites for hydroxylation is 1. The molecule has 0 fully saturated rings. The summed E-state index contributed by atoms with van der Waals surface area (Å²) in [6.45, 7) is 0. The van der Waals surface area contributed by atoms with Gasteiger partial charge in [-0.25, -0.2) is 4.79 Å². The molecule has 1 heterocycles. The molecule has 0 aliphatic carbocycles. The van der Waals surface area contributed by atoms with Crippen LogP contribution in [0.2, 0.25) is 0 Å². The Hall–Kier alpha value is -1.70. The number of hydrogen-bond acceptors (Lipinski definition) is 4. The average molecular weight is 258 g/mol. The van der Waals surface area contributed by atoms with Gasteiger partial charge in [0.2, 0.25) is 0 Å². The average Bonchev–Trinajstić information content (AvgIpc) is 2.59. The maximum atomic E-state index is 12.2. The Bertz CT molecular complexity index is 580. The molecule has 0 radical (unpaired) electrons. The summed E-state index contributed by atoms with van der Waals surface area (Å²) in [6.07, 6.45) is 0. The Kier molecular flexibility index (Phi) is 3.23. The van der Waals surface area contributed by atoms with Crippen LogP contribution in [0.25, 0.3) is 5.69 Å². The standard InChI is InChI=1S/C9H8F2N4OS/c1-14-9(16)15(13-12-14)6-3-2-4-7(5-6)17-8(10)11/h2-5,8H,1H3. The zero-order valence-corrected chi connectivity index (χ0v) is 9.56. The van der Waals surface area contributed by atoms with Gasteiger partial charge in [0.15, 0.2) is 0 Å². The topological polar surface area (TPSA) is 52.7 Å². The highest BCUT2D eigenvalue weighted by Crippen LogP contribution is 2.26. The zero-order chi connectivity index (χ0) is 12.4. The summed E-state index contributed by atoms with van der Waals surface area (Å²) in [7, 11) is 1.46. The number of rotatable bonds is 3. The fourth-order valence-corrected chi connectivity index (χ4v) is 1.82. The molecular formula is C9H8F2N4OS. The van der Waals surface area contributed by atoms with Crippen molar-refractivity contribution in [3.8, 4) is 5.69 Å². The van der Waals surface area contributed by atoms with E-state index in [1.54, 1.807) is 18.2 Å². The fourth-order valence-electron chi connectivity index (χ4n) is 1.27. The smallest absolute Gasteiger partial charge is 0.244 e. The van der Waals surface area contributed by atoms with E-state index in [4.69, 9.17) is 0 Å². The molecule has 1 aromatic carbocycles. The number of alkyl halides is 2. The van der Waals surface area contributed by atoms with Gasteiger partial charge in [0.1, 0.15) is 0 Å². The van der Waals surface area contributed by atoms with Crippen LogP contribution in [0.3, 0.4) is 0 Å². The lowest BCUT2D eigenvalue weighted by atomic mass is 10.3. The number of nitrogens with zero attached hydrogens (tertiary/aromatic N) is 4. The molecule has 0 N–H and O–H groups in total. The van der Waals surface area contributed by atoms with Gasteiger partial charge in [-0.2, -0.15) is 18.1 Å². The molecule has 1 aromatic heterocycles. The third-order valence-electron chi connectivity index (χ3n) is 2.01. The van der Waals surface area contributed by atoms with Gasteiger partial charge >= 0.3 is 5.69 Å². The van der Waals surface area contributed by atoms with Gasteiger partial charge in [0.25, 0.3) is 5.76 Å². The summed E-state index contributed by atoms with van der Waals surface area (Å²) >= 11 is 0.416. The summed E-state index contributed by atoms with van der Waals surface area (Å²) in [5, 5.41) is 7.17. The fraction of sp³-hybridized carbons (Fsp3) is 0.222. The predicted molar refractivity (Wildman–Crippen MR) is 58.5 cm³/mol. The van der Waals surface area contributed by atoms with Crippen LogP contribution < -0.4 is 5.69 Å². The van der Waals surface area contributed by atoms with E-state index in [0.717, 1.165) is 9.36 Å². The predicted octanol–water partition coefficient (Wildman–Crippen LogP) is 1.28. The third-order valence-corrected chi connectivity index (χ3v) is 2.71. The van der Waals surface area contributed by atoms with Crippen molar-refractivity contribution in [2.45, 2.75) is 10.7 Å². The molecule has 0 amide bonds. The SMILES string of the molecule is Cn1nnn(-c2cccc(SC(F)F)c2)c1=O. The van der Waals surface area contributed by atoms with E-state index >= 15 is 0 Å². The van der Waals surface area contributed by atoms with Crippen molar-refractivity contribution in [1.29, 1.82) is 0 Å². The minimum atomic E-state index is -2.50. The van der Waals surface area contributed by atoms with Gasteiger partial charge in [-0.3, -0.25) is 0 Å². The Morgan fingerprint density at radius 3 is 2.71 bits per heavy atom. The second kappa shape index (κ2) is 4.66. The molecule has 2 rings (SSSR count). The van der Waals surface area contributed by atoms with Crippen LogP contribution >= 0.6 is 11.8 Å². The molecule has 17 heavy (non-hydrogen) atoms. The number of hydrogen-bond donors (Lipinski definition) is 0. The quantitative estimate of drug-likeness (QED) is 0.778. The lowest BCUT2D eigenvalue weighted by molar-refractivity contribution is 0.252. The summed E-state index contributed by atoms with van der Waals surface area (Å²) in [6, 6.07) is 6.20. The third kappa shape index (κ3) is 2.52. The number of halogens is 2. The maximum Gasteiger partial charge on any atom is 0.368 e. The van der Waals surface area contributed by atoms with E-state index < -0.39 is 11.4 Å². The van der Waals surface area contributed by atoms with Crippen molar-refractivity contribution >= 4 is 11.8 Å². The Morgan fingerprint density at radius 2 is 2.12 bits per heavy atom. The van der Waals surface area contributed by atoms with Gasteiger partial charge < -0.3 is 0 Å². The van der Waals surface area contributed by atoms with Crippen molar-refractivity contribution in [2.75, 3.05) is 0 Å². The second-order valence-corrected chi connectivity index (χ2v) is 4.24. The van der Waals surface area contributed by atoms with E-state index in [1.165, 1.54) is 13.1 Å². The monoisotopic (exact) mass is 258 g/mol. The Morgan fingerprint density at radius 1 is 1.35 bits per heavy atom. The Labute approximate surface area is 99.0 Å². The number of aromatic nitrogens is 4. The molecule has 90 valence electrons. The van der Waals surface area contributed by atoms with Crippen LogP contribution in [0.15, 0.2) is 34.0 Å². The van der Waals surface area contributed by atoms with Gasteiger partial charge in [-0.15, -0.1) is 0 Å². The molecule has 2 aromatic rings. The maximum absolute atomic E-state index is 12.2. The van der Waals surface area contributed by atoms with Crippen LogP contribution in [0.4, 0.5) is 8.78 Å². The highest BCUT2D eigenvalue weighted by Gasteiger charge is 2.09. The summed E-state index contributed by atoms with van der Waals surface area (Å²) in [5.74, 6) is -2.50. The van der Waals surface area contributed by atoms with Crippen LogP contribution in [0.1, 0.15) is 0 Å². The molecular weight excluding hydrogens is 250 g/mol. The molecule has 0 aliphatic rings. The Balaban J connectivity index is 2.40. The highest BCUT2D eigenvalue weighted by atomic mass is 32.2. The zero-order valence-electron chi connectivity index (χ0n) is 8.75. The normalized spacial score (nSPS) is 11.1. The van der Waals surface area contributed by atoms with Crippen molar-refractivity contribution in [3.63, 3.8) is 0 Å². The van der Waals surface area contributed by atoms with Crippen molar-refractivity contribution in [1.82, 2.24) is 19.8 Å². The first-order chi connectivity index (χ1) is 8.08. The molecule has 0 atom stereocenters. The highest BCUT2D eigenvalue weighted by molar-refractivity contribution is 7.99. The van der Waals surface area contributed by atoms with Crippen LogP contribution in [-0.4, -0.2) is 25.5 Å². The number of thioether (sulfide) groups is 1. The van der Waals surface area contributed by atoms with Crippen LogP contribution in [-0.2, 0) is 7.05 Å². The van der Waals surface area contributed by atoms with Crippen molar-refractivity contribution in [2.24, 2.45) is 7.05 Å². The first-order valence-electron chi connectivity index (χ1n) is 4.62. The van der Waals surface area contributed by atoms with Gasteiger partial charge in [-0.1, -0.05) is 17.8 Å². The largest absolute Gasteiger partial charge is 0.368 e. The number of tetrazole rings is 1. The molecule has 0 aliphatic heterocycles. The molecule has 8 heteroatoms. The minimum absolute atomic E-state index is 0.370. The van der Waals surface area contributed by atoms with Crippen molar-refractivity contribution in [3.05, 3.63) is 34.7 Å². The van der Waals surface area contributed by atoms with E-state index in [1.807, 2.05) is 0 Å². The van der Waals surface area contributed by atoms with E-state index in [0.29, 0.717) is 22.3 Å². The number of benzene rings is 1. The lowest BCUT2D eigenvalue weighted by Crippen LogP contribution is -2.21. The van der Waals surface area contributed by atoms with Crippen LogP contribution in [0.5, 0.6) is 0 Å². The lowest BCUT2D eigenvalue weighted by Gasteiger charge is -2.02. The van der Waals surface area contributed by atoms with E-state index in [9.17, 15) is 13.6 Å². The molecule has 0 saturated carbocycles. The molecule has 0 bridgehead atoms. The van der Waals surface area contributed by atoms with Crippen LogP contribution in [0, 0.1) is 0 Å². The van der Waals surface area contributed by atoms with Gasteiger partial charge in [-0.05, 0) is 28.6 Å². The van der Waals surface area contributed by atoms with Gasteiger partial charge in [0.05, 0.1) is 5.69 Å². The second-order valence-electron chi connectivity index (χ2n) is 3.17. The first-order valence-corrected chi connectivity index (χ1v) is 5.50. The molecule has 0 unspecified atom stereocenters. The molecule has 5 nitrogen and oxygen atoms in total. The van der Waals surface area contributed by atoms with Gasteiger partial charge in [0, 0.05) is 11.9 Å².